The van der Waals surface area contributed by atoms with Gasteiger partial charge in [-0.2, -0.15) is 10.4 Å². The van der Waals surface area contributed by atoms with Gasteiger partial charge < -0.3 is 10.4 Å². The molecule has 0 aromatic heterocycles. The Kier molecular flexibility index (Phi) is 7.23. The van der Waals surface area contributed by atoms with Gasteiger partial charge in [0.25, 0.3) is 11.8 Å². The molecule has 0 heterocycles. The van der Waals surface area contributed by atoms with E-state index in [2.05, 4.69) is 15.8 Å². The maximum atomic E-state index is 13.2. The molecule has 36 heavy (non-hydrogen) atoms. The second-order valence-electron chi connectivity index (χ2n) is 7.70. The number of nitriles is 1. The van der Waals surface area contributed by atoms with Crippen molar-refractivity contribution in [3.8, 4) is 11.8 Å². The van der Waals surface area contributed by atoms with Crippen LogP contribution >= 0.6 is 11.6 Å². The maximum Gasteiger partial charge on any atom is 0.271 e. The average molecular weight is 501 g/mol. The largest absolute Gasteiger partial charge is 0.506 e. The second kappa shape index (κ2) is 10.7. The highest BCUT2D eigenvalue weighted by atomic mass is 35.5. The summed E-state index contributed by atoms with van der Waals surface area (Å²) in [6, 6.07) is 20.9. The Labute approximate surface area is 210 Å². The van der Waals surface area contributed by atoms with Gasteiger partial charge in [0.2, 0.25) is 0 Å². The van der Waals surface area contributed by atoms with Gasteiger partial charge in [-0.3, -0.25) is 9.59 Å². The Hall–Kier alpha value is -4.74. The third-order valence-corrected chi connectivity index (χ3v) is 5.69. The summed E-state index contributed by atoms with van der Waals surface area (Å²) >= 11 is 5.84. The summed E-state index contributed by atoms with van der Waals surface area (Å²) < 4.78 is 13.2. The number of hydrazone groups is 1. The van der Waals surface area contributed by atoms with Gasteiger partial charge in [0.05, 0.1) is 17.3 Å². The fourth-order valence-electron chi connectivity index (χ4n) is 3.56. The number of amides is 2. The van der Waals surface area contributed by atoms with Crippen molar-refractivity contribution in [2.75, 3.05) is 0 Å². The number of hydrogen-bond donors (Lipinski definition) is 3. The number of nitrogens with one attached hydrogen (secondary N) is 2. The van der Waals surface area contributed by atoms with Crippen LogP contribution in [-0.2, 0) is 0 Å². The van der Waals surface area contributed by atoms with E-state index in [0.29, 0.717) is 27.5 Å². The molecule has 0 spiro atoms. The molecular weight excluding hydrogens is 483 g/mol. The summed E-state index contributed by atoms with van der Waals surface area (Å²) in [6.07, 6.45) is 1.44. The number of benzene rings is 4. The van der Waals surface area contributed by atoms with E-state index in [9.17, 15) is 24.3 Å². The number of hydrogen-bond acceptors (Lipinski definition) is 5. The van der Waals surface area contributed by atoms with Crippen molar-refractivity contribution in [3.63, 3.8) is 0 Å². The monoisotopic (exact) mass is 500 g/mol. The van der Waals surface area contributed by atoms with E-state index in [0.717, 1.165) is 0 Å². The predicted octanol–water partition coefficient (Wildman–Crippen LogP) is 5.10. The molecule has 0 aliphatic carbocycles. The molecule has 1 unspecified atom stereocenters. The summed E-state index contributed by atoms with van der Waals surface area (Å²) in [5, 5.41) is 27.1. The predicted molar refractivity (Wildman–Crippen MR) is 134 cm³/mol. The summed E-state index contributed by atoms with van der Waals surface area (Å²) in [7, 11) is 0. The molecule has 3 N–H and O–H groups in total. The summed E-state index contributed by atoms with van der Waals surface area (Å²) in [4.78, 5) is 25.3. The fraction of sp³-hybridized carbons (Fsp3) is 0.0370. The number of nitrogens with zero attached hydrogens (tertiary/aromatic N) is 2. The van der Waals surface area contributed by atoms with Crippen LogP contribution in [0.2, 0.25) is 5.02 Å². The summed E-state index contributed by atoms with van der Waals surface area (Å²) in [5.41, 5.74) is 4.07. The first kappa shape index (κ1) is 24.4. The van der Waals surface area contributed by atoms with E-state index in [1.54, 1.807) is 36.4 Å². The molecule has 0 bridgehead atoms. The van der Waals surface area contributed by atoms with E-state index in [-0.39, 0.29) is 16.3 Å². The zero-order valence-corrected chi connectivity index (χ0v) is 19.3. The molecule has 4 rings (SSSR count). The lowest BCUT2D eigenvalue weighted by molar-refractivity contribution is 0.0942. The number of halogens is 2. The Morgan fingerprint density at radius 1 is 1.00 bits per heavy atom. The molecule has 2 amide bonds. The summed E-state index contributed by atoms with van der Waals surface area (Å²) in [6.45, 7) is 0. The molecule has 7 nitrogen and oxygen atoms in total. The third-order valence-electron chi connectivity index (χ3n) is 5.39. The molecule has 0 fully saturated rings. The summed E-state index contributed by atoms with van der Waals surface area (Å²) in [5.74, 6) is -1.56. The molecule has 1 atom stereocenters. The standard InChI is InChI=1S/C27H18ClFN4O3/c28-23-13-17(8-12-25(23)34)26(35)33-31-15-18-7-11-22(21-4-2-1-3-20(18)21)27(36)32-24(14-30)16-5-9-19(29)10-6-16/h1-13,15,24,34H,(H,32,36)(H,33,35). The van der Waals surface area contributed by atoms with Gasteiger partial charge in [-0.15, -0.1) is 0 Å². The number of carbonyl (C=O) groups excluding carboxylic acids is 2. The van der Waals surface area contributed by atoms with Gasteiger partial charge in [-0.1, -0.05) is 54.1 Å². The molecule has 9 heteroatoms. The number of rotatable bonds is 6. The van der Waals surface area contributed by atoms with Crippen LogP contribution in [0.4, 0.5) is 4.39 Å². The Bertz CT molecular complexity index is 1530. The Morgan fingerprint density at radius 3 is 2.42 bits per heavy atom. The van der Waals surface area contributed by atoms with E-state index in [1.165, 1.54) is 48.7 Å². The van der Waals surface area contributed by atoms with Crippen molar-refractivity contribution in [1.82, 2.24) is 10.7 Å². The molecule has 0 saturated heterocycles. The quantitative estimate of drug-likeness (QED) is 0.252. The number of aromatic hydroxyl groups is 1. The van der Waals surface area contributed by atoms with Crippen LogP contribution in [0.3, 0.4) is 0 Å². The normalized spacial score (nSPS) is 11.7. The highest BCUT2D eigenvalue weighted by Crippen LogP contribution is 2.24. The van der Waals surface area contributed by atoms with Gasteiger partial charge in [-0.25, -0.2) is 9.82 Å². The molecule has 0 radical (unpaired) electrons. The molecule has 0 saturated carbocycles. The van der Waals surface area contributed by atoms with E-state index < -0.39 is 23.7 Å². The molecule has 4 aromatic carbocycles. The van der Waals surface area contributed by atoms with Gasteiger partial charge in [-0.05, 0) is 52.7 Å². The number of phenols is 1. The smallest absolute Gasteiger partial charge is 0.271 e. The van der Waals surface area contributed by atoms with Crippen LogP contribution in [0.25, 0.3) is 10.8 Å². The first-order valence-electron chi connectivity index (χ1n) is 10.7. The topological polar surface area (TPSA) is 115 Å². The first-order valence-corrected chi connectivity index (χ1v) is 11.0. The molecule has 178 valence electrons. The third kappa shape index (κ3) is 5.32. The number of phenolic OH excluding ortho intramolecular Hbond substituents is 1. The second-order valence-corrected chi connectivity index (χ2v) is 8.11. The number of fused-ring (bicyclic) bond motifs is 1. The number of carbonyl (C=O) groups is 2. The van der Waals surface area contributed by atoms with Crippen LogP contribution in [0.15, 0.2) is 84.0 Å². The highest BCUT2D eigenvalue weighted by Gasteiger charge is 2.18. The van der Waals surface area contributed by atoms with Gasteiger partial charge >= 0.3 is 0 Å². The Balaban J connectivity index is 1.55. The molecule has 0 aliphatic rings. The fourth-order valence-corrected chi connectivity index (χ4v) is 3.74. The first-order chi connectivity index (χ1) is 17.4. The average Bonchev–Trinajstić information content (AvgIpc) is 2.89. The van der Waals surface area contributed by atoms with Crippen molar-refractivity contribution in [3.05, 3.63) is 112 Å². The zero-order valence-electron chi connectivity index (χ0n) is 18.6. The highest BCUT2D eigenvalue weighted by molar-refractivity contribution is 6.32. The van der Waals surface area contributed by atoms with Gasteiger partial charge in [0.15, 0.2) is 0 Å². The SMILES string of the molecule is N#CC(NC(=O)c1ccc(C=NNC(=O)c2ccc(O)c(Cl)c2)c2ccccc12)c1ccc(F)cc1. The van der Waals surface area contributed by atoms with E-state index in [1.807, 2.05) is 6.07 Å². The molecular formula is C27H18ClFN4O3. The van der Waals surface area contributed by atoms with E-state index >= 15 is 0 Å². The zero-order chi connectivity index (χ0) is 25.7. The van der Waals surface area contributed by atoms with Crippen LogP contribution in [0.1, 0.15) is 37.9 Å². The lowest BCUT2D eigenvalue weighted by Crippen LogP contribution is -2.27. The van der Waals surface area contributed by atoms with Crippen LogP contribution in [0, 0.1) is 17.1 Å². The minimum atomic E-state index is -0.957. The van der Waals surface area contributed by atoms with Gasteiger partial charge in [0.1, 0.15) is 17.6 Å². The lowest BCUT2D eigenvalue weighted by Gasteiger charge is -2.14. The Morgan fingerprint density at radius 2 is 1.72 bits per heavy atom. The molecule has 4 aromatic rings. The molecule has 0 aliphatic heterocycles. The van der Waals surface area contributed by atoms with Crippen molar-refractivity contribution in [1.29, 1.82) is 5.26 Å². The van der Waals surface area contributed by atoms with Crippen molar-refractivity contribution in [2.24, 2.45) is 5.10 Å². The lowest BCUT2D eigenvalue weighted by atomic mass is 9.99. The maximum absolute atomic E-state index is 13.2. The minimum absolute atomic E-state index is 0.0459. The van der Waals surface area contributed by atoms with Crippen LogP contribution in [-0.4, -0.2) is 23.1 Å². The van der Waals surface area contributed by atoms with E-state index in [4.69, 9.17) is 11.6 Å². The van der Waals surface area contributed by atoms with Crippen LogP contribution in [0.5, 0.6) is 5.75 Å². The van der Waals surface area contributed by atoms with Gasteiger partial charge in [0, 0.05) is 16.7 Å². The van der Waals surface area contributed by atoms with Crippen LogP contribution < -0.4 is 10.7 Å². The van der Waals surface area contributed by atoms with Crippen molar-refractivity contribution in [2.45, 2.75) is 6.04 Å². The van der Waals surface area contributed by atoms with Crippen molar-refractivity contribution >= 4 is 40.4 Å². The van der Waals surface area contributed by atoms with Crippen molar-refractivity contribution < 1.29 is 19.1 Å². The minimum Gasteiger partial charge on any atom is -0.506 e.